The fraction of sp³-hybridized carbons (Fsp3) is 0.683. The maximum atomic E-state index is 12.9. The molecule has 0 bridgehead atoms. The number of hydrogen-bond acceptors (Lipinski definition) is 10. The lowest BCUT2D eigenvalue weighted by Gasteiger charge is -2.21. The van der Waals surface area contributed by atoms with Gasteiger partial charge in [0.25, 0.3) is 0 Å². The van der Waals surface area contributed by atoms with E-state index in [0.29, 0.717) is 19.3 Å². The van der Waals surface area contributed by atoms with Crippen LogP contribution in [0.15, 0.2) is 97.2 Å². The minimum atomic E-state index is -4.78. The molecule has 0 aliphatic carbocycles. The molecular formula is C60H101O11P. The van der Waals surface area contributed by atoms with Crippen LogP contribution in [0.3, 0.4) is 0 Å². The topological polar surface area (TPSA) is 155 Å². The first-order valence-electron chi connectivity index (χ1n) is 28.1. The maximum absolute atomic E-state index is 12.9. The van der Waals surface area contributed by atoms with E-state index in [0.717, 1.165) is 83.5 Å². The van der Waals surface area contributed by atoms with Gasteiger partial charge in [0, 0.05) is 12.8 Å². The van der Waals surface area contributed by atoms with Crippen molar-refractivity contribution in [1.82, 2.24) is 0 Å². The number of ether oxygens (including phenoxy) is 3. The molecule has 0 amide bonds. The van der Waals surface area contributed by atoms with Crippen molar-refractivity contribution in [2.24, 2.45) is 0 Å². The van der Waals surface area contributed by atoms with Crippen LogP contribution in [-0.4, -0.2) is 66.5 Å². The zero-order valence-corrected chi connectivity index (χ0v) is 46.3. The Balaban J connectivity index is 4.84. The first-order valence-corrected chi connectivity index (χ1v) is 29.6. The van der Waals surface area contributed by atoms with E-state index >= 15 is 0 Å². The number of esters is 3. The number of phosphoric acid groups is 1. The number of aliphatic hydroxyl groups excluding tert-OH is 1. The molecule has 3 unspecified atom stereocenters. The summed E-state index contributed by atoms with van der Waals surface area (Å²) < 4.78 is 39.3. The summed E-state index contributed by atoms with van der Waals surface area (Å²) in [5.41, 5.74) is 0. The molecule has 2 N–H and O–H groups in total. The molecule has 0 aliphatic rings. The largest absolute Gasteiger partial charge is 0.472 e. The first-order chi connectivity index (χ1) is 35.2. The molecule has 0 fully saturated rings. The van der Waals surface area contributed by atoms with Gasteiger partial charge in [-0.25, -0.2) is 4.57 Å². The zero-order chi connectivity index (χ0) is 52.7. The van der Waals surface area contributed by atoms with Gasteiger partial charge >= 0.3 is 25.7 Å². The van der Waals surface area contributed by atoms with E-state index in [2.05, 4.69) is 93.7 Å². The van der Waals surface area contributed by atoms with E-state index in [1.165, 1.54) is 83.5 Å². The molecule has 0 radical (unpaired) electrons. The number of carbonyl (C=O) groups excluding carboxylic acids is 3. The average Bonchev–Trinajstić information content (AvgIpc) is 3.37. The van der Waals surface area contributed by atoms with Crippen molar-refractivity contribution in [2.45, 2.75) is 238 Å². The predicted octanol–water partition coefficient (Wildman–Crippen LogP) is 16.5. The third-order valence-electron chi connectivity index (χ3n) is 11.5. The lowest BCUT2D eigenvalue weighted by molar-refractivity contribution is -0.160. The summed E-state index contributed by atoms with van der Waals surface area (Å²) >= 11 is 0. The second-order valence-electron chi connectivity index (χ2n) is 18.4. The number of unbranched alkanes of at least 4 members (excludes halogenated alkanes) is 19. The smallest absolute Gasteiger partial charge is 0.462 e. The minimum absolute atomic E-state index is 0.0689. The van der Waals surface area contributed by atoms with E-state index in [9.17, 15) is 28.9 Å². The van der Waals surface area contributed by atoms with E-state index in [1.54, 1.807) is 6.08 Å². The fourth-order valence-corrected chi connectivity index (χ4v) is 8.11. The standard InChI is InChI=1S/C60H101O11P/c1-4-7-10-13-16-19-22-25-27-28-30-32-34-37-40-43-46-49-58(62)67-53-57(71-60(64)51-48-45-42-39-36-33-29-26-23-20-17-14-11-8-5-2)55-69-72(65,66)68-54-56(52-61)70-59(63)50-47-44-41-38-35-31-24-21-18-15-12-9-6-3/h8-9,11-12,17-18,20-21,26,29,31,35-36,39,45,48,56-57,61H,4-7,10,13-16,19,22-25,27-28,30,32-34,37-38,40-44,46-47,49-55H2,1-3H3,(H,65,66)/b11-8-,12-9-,20-17-,21-18-,29-26-,35-31-,39-36-,48-45-. The van der Waals surface area contributed by atoms with Crippen LogP contribution in [0.2, 0.25) is 0 Å². The van der Waals surface area contributed by atoms with Gasteiger partial charge in [-0.05, 0) is 77.0 Å². The summed E-state index contributed by atoms with van der Waals surface area (Å²) in [6, 6.07) is 0. The van der Waals surface area contributed by atoms with Crippen LogP contribution in [-0.2, 0) is 42.2 Å². The average molecular weight is 1030 g/mol. The molecule has 11 nitrogen and oxygen atoms in total. The van der Waals surface area contributed by atoms with E-state index in [1.807, 2.05) is 18.2 Å². The number of allylic oxidation sites excluding steroid dienone is 15. The van der Waals surface area contributed by atoms with Crippen LogP contribution in [0.25, 0.3) is 0 Å². The summed E-state index contributed by atoms with van der Waals surface area (Å²) in [4.78, 5) is 48.4. The molecule has 0 aromatic heterocycles. The van der Waals surface area contributed by atoms with Gasteiger partial charge in [0.15, 0.2) is 6.10 Å². The molecule has 0 saturated carbocycles. The Morgan fingerprint density at radius 2 is 0.778 bits per heavy atom. The van der Waals surface area contributed by atoms with E-state index < -0.39 is 57.8 Å². The fourth-order valence-electron chi connectivity index (χ4n) is 7.33. The summed E-state index contributed by atoms with van der Waals surface area (Å²) in [5, 5.41) is 9.79. The van der Waals surface area contributed by atoms with Gasteiger partial charge in [0.05, 0.1) is 26.2 Å². The maximum Gasteiger partial charge on any atom is 0.472 e. The second kappa shape index (κ2) is 53.7. The number of phosphoric ester groups is 1. The molecule has 3 atom stereocenters. The lowest BCUT2D eigenvalue weighted by Crippen LogP contribution is -2.30. The Labute approximate surface area is 438 Å². The molecule has 72 heavy (non-hydrogen) atoms. The lowest BCUT2D eigenvalue weighted by atomic mass is 10.0. The van der Waals surface area contributed by atoms with Crippen LogP contribution in [0.1, 0.15) is 226 Å². The molecule has 0 aliphatic heterocycles. The summed E-state index contributed by atoms with van der Waals surface area (Å²) in [7, 11) is -4.78. The van der Waals surface area contributed by atoms with Crippen LogP contribution < -0.4 is 0 Å². The monoisotopic (exact) mass is 1030 g/mol. The highest BCUT2D eigenvalue weighted by Crippen LogP contribution is 2.43. The van der Waals surface area contributed by atoms with Crippen molar-refractivity contribution in [3.8, 4) is 0 Å². The van der Waals surface area contributed by atoms with Crippen molar-refractivity contribution in [1.29, 1.82) is 0 Å². The molecule has 0 spiro atoms. The van der Waals surface area contributed by atoms with E-state index in [4.69, 9.17) is 23.3 Å². The molecule has 0 aromatic rings. The molecule has 0 aromatic carbocycles. The zero-order valence-electron chi connectivity index (χ0n) is 45.4. The third kappa shape index (κ3) is 51.3. The molecule has 412 valence electrons. The SMILES string of the molecule is CC/C=C\C/C=C\C/C=C\C/C=C\C/C=C\CC(=O)OC(COC(=O)CCCCCCCCCCCCCCCCCCC)COP(=O)(O)OCC(CO)OC(=O)CCCCC/C=C\C/C=C\C/C=C\CC. The highest BCUT2D eigenvalue weighted by Gasteiger charge is 2.28. The summed E-state index contributed by atoms with van der Waals surface area (Å²) in [6.45, 7) is 4.27. The first kappa shape index (κ1) is 68.4. The summed E-state index contributed by atoms with van der Waals surface area (Å²) in [6.07, 6.45) is 62.7. The number of carbonyl (C=O) groups is 3. The Morgan fingerprint density at radius 3 is 1.22 bits per heavy atom. The van der Waals surface area contributed by atoms with Gasteiger partial charge in [-0.15, -0.1) is 0 Å². The van der Waals surface area contributed by atoms with Crippen LogP contribution in [0, 0.1) is 0 Å². The van der Waals surface area contributed by atoms with E-state index in [-0.39, 0.29) is 25.9 Å². The second-order valence-corrected chi connectivity index (χ2v) is 19.8. The van der Waals surface area contributed by atoms with Crippen molar-refractivity contribution in [2.75, 3.05) is 26.4 Å². The third-order valence-corrected chi connectivity index (χ3v) is 12.5. The van der Waals surface area contributed by atoms with Gasteiger partial charge < -0.3 is 24.2 Å². The van der Waals surface area contributed by atoms with Gasteiger partial charge in [0.1, 0.15) is 12.7 Å². The van der Waals surface area contributed by atoms with Crippen molar-refractivity contribution in [3.05, 3.63) is 97.2 Å². The Kier molecular flexibility index (Phi) is 51.0. The van der Waals surface area contributed by atoms with Crippen LogP contribution in [0.4, 0.5) is 0 Å². The van der Waals surface area contributed by atoms with Crippen LogP contribution in [0.5, 0.6) is 0 Å². The van der Waals surface area contributed by atoms with Crippen molar-refractivity contribution < 1.29 is 52.2 Å². The minimum Gasteiger partial charge on any atom is -0.462 e. The van der Waals surface area contributed by atoms with Gasteiger partial charge in [0.2, 0.25) is 0 Å². The Morgan fingerprint density at radius 1 is 0.417 bits per heavy atom. The molecule has 0 heterocycles. The number of aliphatic hydroxyl groups is 1. The Hall–Kier alpha value is -3.60. The Bertz CT molecular complexity index is 1580. The van der Waals surface area contributed by atoms with Gasteiger partial charge in [-0.2, -0.15) is 0 Å². The van der Waals surface area contributed by atoms with Gasteiger partial charge in [-0.3, -0.25) is 23.4 Å². The van der Waals surface area contributed by atoms with Crippen molar-refractivity contribution in [3.63, 3.8) is 0 Å². The highest BCUT2D eigenvalue weighted by molar-refractivity contribution is 7.47. The molecule has 0 rings (SSSR count). The van der Waals surface area contributed by atoms with Gasteiger partial charge in [-0.1, -0.05) is 227 Å². The van der Waals surface area contributed by atoms with Crippen molar-refractivity contribution >= 4 is 25.7 Å². The summed E-state index contributed by atoms with van der Waals surface area (Å²) in [5.74, 6) is -1.65. The number of hydrogen-bond donors (Lipinski definition) is 2. The number of rotatable bonds is 51. The molecular weight excluding hydrogens is 928 g/mol. The van der Waals surface area contributed by atoms with Crippen LogP contribution >= 0.6 is 7.82 Å². The molecule has 12 heteroatoms. The molecule has 0 saturated heterocycles. The predicted molar refractivity (Wildman–Crippen MR) is 297 cm³/mol. The normalized spacial score (nSPS) is 14.1. The highest BCUT2D eigenvalue weighted by atomic mass is 31.2. The quantitative estimate of drug-likeness (QED) is 0.0197.